The fourth-order valence-corrected chi connectivity index (χ4v) is 3.50. The minimum absolute atomic E-state index is 0.0654. The minimum Gasteiger partial charge on any atom is -0.423 e. The molecular formula is C19H18O5S. The lowest BCUT2D eigenvalue weighted by atomic mass is 10.00. The highest BCUT2D eigenvalue weighted by Crippen LogP contribution is 2.28. The van der Waals surface area contributed by atoms with Gasteiger partial charge in [0.05, 0.1) is 0 Å². The molecule has 1 aromatic heterocycles. The van der Waals surface area contributed by atoms with Gasteiger partial charge in [-0.25, -0.2) is 4.79 Å². The summed E-state index contributed by atoms with van der Waals surface area (Å²) in [5.41, 5.74) is 1.62. The zero-order chi connectivity index (χ0) is 18.2. The number of hydrogen-bond donors (Lipinski definition) is 0. The van der Waals surface area contributed by atoms with Crippen molar-refractivity contribution >= 4 is 21.1 Å². The van der Waals surface area contributed by atoms with Gasteiger partial charge in [-0.1, -0.05) is 31.5 Å². The molecule has 0 aliphatic heterocycles. The summed E-state index contributed by atoms with van der Waals surface area (Å²) in [6.45, 7) is 5.82. The normalized spacial score (nSPS) is 11.8. The average Bonchev–Trinajstić information content (AvgIpc) is 2.53. The second kappa shape index (κ2) is 6.37. The first-order valence-electron chi connectivity index (χ1n) is 7.85. The van der Waals surface area contributed by atoms with E-state index in [1.807, 2.05) is 20.8 Å². The summed E-state index contributed by atoms with van der Waals surface area (Å²) in [6.07, 6.45) is 0. The Morgan fingerprint density at radius 3 is 2.32 bits per heavy atom. The van der Waals surface area contributed by atoms with Crippen LogP contribution in [0.4, 0.5) is 0 Å². The Morgan fingerprint density at radius 2 is 1.68 bits per heavy atom. The van der Waals surface area contributed by atoms with Crippen molar-refractivity contribution in [2.24, 2.45) is 0 Å². The molecule has 0 radical (unpaired) electrons. The van der Waals surface area contributed by atoms with Crippen molar-refractivity contribution in [1.82, 2.24) is 0 Å². The predicted molar refractivity (Wildman–Crippen MR) is 95.6 cm³/mol. The summed E-state index contributed by atoms with van der Waals surface area (Å²) in [6, 6.07) is 12.5. The molecule has 2 aromatic carbocycles. The van der Waals surface area contributed by atoms with E-state index >= 15 is 0 Å². The highest BCUT2D eigenvalue weighted by Gasteiger charge is 2.17. The van der Waals surface area contributed by atoms with Crippen molar-refractivity contribution in [3.63, 3.8) is 0 Å². The number of fused-ring (bicyclic) bond motifs is 1. The van der Waals surface area contributed by atoms with Crippen LogP contribution in [0.3, 0.4) is 0 Å². The highest BCUT2D eigenvalue weighted by molar-refractivity contribution is 7.87. The maximum Gasteiger partial charge on any atom is 0.339 e. The molecule has 6 heteroatoms. The average molecular weight is 358 g/mol. The first kappa shape index (κ1) is 17.2. The Bertz CT molecular complexity index is 1080. The third kappa shape index (κ3) is 3.58. The molecule has 0 saturated heterocycles. The van der Waals surface area contributed by atoms with Gasteiger partial charge in [0.1, 0.15) is 16.2 Å². The first-order valence-corrected chi connectivity index (χ1v) is 9.26. The van der Waals surface area contributed by atoms with E-state index in [1.54, 1.807) is 24.3 Å². The summed E-state index contributed by atoms with van der Waals surface area (Å²) < 4.78 is 35.1. The third-order valence-electron chi connectivity index (χ3n) is 3.89. The van der Waals surface area contributed by atoms with E-state index in [0.29, 0.717) is 5.58 Å². The number of benzene rings is 2. The molecule has 0 amide bonds. The summed E-state index contributed by atoms with van der Waals surface area (Å²) >= 11 is 0. The van der Waals surface area contributed by atoms with Crippen LogP contribution < -0.4 is 9.81 Å². The molecule has 1 heterocycles. The zero-order valence-electron chi connectivity index (χ0n) is 14.1. The molecule has 130 valence electrons. The van der Waals surface area contributed by atoms with Crippen molar-refractivity contribution in [2.75, 3.05) is 0 Å². The minimum atomic E-state index is -3.96. The fourth-order valence-electron chi connectivity index (χ4n) is 2.58. The molecular weight excluding hydrogens is 340 g/mol. The van der Waals surface area contributed by atoms with E-state index in [-0.39, 0.29) is 16.6 Å². The van der Waals surface area contributed by atoms with Crippen molar-refractivity contribution in [1.29, 1.82) is 0 Å². The maximum atomic E-state index is 12.4. The largest absolute Gasteiger partial charge is 0.423 e. The molecule has 0 atom stereocenters. The van der Waals surface area contributed by atoms with Gasteiger partial charge in [-0.3, -0.25) is 0 Å². The second-order valence-electron chi connectivity index (χ2n) is 6.18. The summed E-state index contributed by atoms with van der Waals surface area (Å²) in [4.78, 5) is 11.8. The van der Waals surface area contributed by atoms with Crippen LogP contribution in [0, 0.1) is 6.92 Å². The van der Waals surface area contributed by atoms with E-state index in [2.05, 4.69) is 0 Å². The Morgan fingerprint density at radius 1 is 1.00 bits per heavy atom. The third-order valence-corrected chi connectivity index (χ3v) is 5.15. The Hall–Kier alpha value is -2.60. The van der Waals surface area contributed by atoms with E-state index < -0.39 is 15.7 Å². The Balaban J connectivity index is 2.02. The molecule has 3 aromatic rings. The quantitative estimate of drug-likeness (QED) is 0.521. The molecule has 0 fully saturated rings. The fraction of sp³-hybridized carbons (Fsp3) is 0.211. The topological polar surface area (TPSA) is 73.6 Å². The molecule has 5 nitrogen and oxygen atoms in total. The van der Waals surface area contributed by atoms with Crippen molar-refractivity contribution in [3.05, 3.63) is 70.1 Å². The van der Waals surface area contributed by atoms with E-state index in [0.717, 1.165) is 16.5 Å². The molecule has 0 N–H and O–H groups in total. The SMILES string of the molecule is Cc1ccc(S(=O)(=O)Oc2ccc3c(C(C)C)cc(=O)oc3c2)cc1. The molecule has 0 saturated carbocycles. The van der Waals surface area contributed by atoms with Gasteiger partial charge in [0.2, 0.25) is 0 Å². The lowest BCUT2D eigenvalue weighted by Crippen LogP contribution is -2.10. The summed E-state index contributed by atoms with van der Waals surface area (Å²) in [5, 5.41) is 0.759. The van der Waals surface area contributed by atoms with Gasteiger partial charge < -0.3 is 8.60 Å². The van der Waals surface area contributed by atoms with E-state index in [4.69, 9.17) is 8.60 Å². The van der Waals surface area contributed by atoms with E-state index in [1.165, 1.54) is 24.3 Å². The van der Waals surface area contributed by atoms with Crippen molar-refractivity contribution < 1.29 is 17.0 Å². The molecule has 25 heavy (non-hydrogen) atoms. The van der Waals surface area contributed by atoms with Crippen molar-refractivity contribution in [3.8, 4) is 5.75 Å². The van der Waals surface area contributed by atoms with Gasteiger partial charge in [-0.2, -0.15) is 8.42 Å². The smallest absolute Gasteiger partial charge is 0.339 e. The Kier molecular flexibility index (Phi) is 4.39. The van der Waals surface area contributed by atoms with Gasteiger partial charge in [-0.15, -0.1) is 0 Å². The van der Waals surface area contributed by atoms with Crippen LogP contribution >= 0.6 is 0 Å². The lowest BCUT2D eigenvalue weighted by Gasteiger charge is -2.11. The van der Waals surface area contributed by atoms with Gasteiger partial charge in [0.15, 0.2) is 0 Å². The monoisotopic (exact) mass is 358 g/mol. The zero-order valence-corrected chi connectivity index (χ0v) is 15.0. The first-order chi connectivity index (χ1) is 11.8. The van der Waals surface area contributed by atoms with Gasteiger partial charge in [0.25, 0.3) is 0 Å². The Labute approximate surface area is 146 Å². The lowest BCUT2D eigenvalue weighted by molar-refractivity contribution is 0.485. The molecule has 0 bridgehead atoms. The van der Waals surface area contributed by atoms with Crippen LogP contribution in [0.15, 0.2) is 62.6 Å². The molecule has 0 aliphatic rings. The van der Waals surface area contributed by atoms with Crippen LogP contribution in [-0.2, 0) is 10.1 Å². The number of hydrogen-bond acceptors (Lipinski definition) is 5. The molecule has 0 unspecified atom stereocenters. The second-order valence-corrected chi connectivity index (χ2v) is 7.73. The van der Waals surface area contributed by atoms with Gasteiger partial charge >= 0.3 is 15.7 Å². The van der Waals surface area contributed by atoms with E-state index in [9.17, 15) is 13.2 Å². The molecule has 0 spiro atoms. The summed E-state index contributed by atoms with van der Waals surface area (Å²) in [5.74, 6) is 0.229. The summed E-state index contributed by atoms with van der Waals surface area (Å²) in [7, 11) is -3.96. The highest BCUT2D eigenvalue weighted by atomic mass is 32.2. The maximum absolute atomic E-state index is 12.4. The van der Waals surface area contributed by atoms with Crippen LogP contribution in [0.25, 0.3) is 11.0 Å². The van der Waals surface area contributed by atoms with Crippen LogP contribution in [0.1, 0.15) is 30.9 Å². The molecule has 3 rings (SSSR count). The van der Waals surface area contributed by atoms with Crippen molar-refractivity contribution in [2.45, 2.75) is 31.6 Å². The van der Waals surface area contributed by atoms with Gasteiger partial charge in [-0.05, 0) is 42.7 Å². The standard InChI is InChI=1S/C19H18O5S/c1-12(2)17-11-19(20)23-18-10-14(6-9-16(17)18)24-25(21,22)15-7-4-13(3)5-8-15/h4-12H,1-3H3. The van der Waals surface area contributed by atoms with Crippen LogP contribution in [0.5, 0.6) is 5.75 Å². The van der Waals surface area contributed by atoms with Crippen LogP contribution in [0.2, 0.25) is 0 Å². The number of rotatable bonds is 4. The van der Waals surface area contributed by atoms with Gasteiger partial charge in [0, 0.05) is 17.5 Å². The van der Waals surface area contributed by atoms with Crippen LogP contribution in [-0.4, -0.2) is 8.42 Å². The predicted octanol–water partition coefficient (Wildman–Crippen LogP) is 3.99. The number of aryl methyl sites for hydroxylation is 1. The molecule has 0 aliphatic carbocycles.